The number of halogens is 3. The Morgan fingerprint density at radius 1 is 1.24 bits per heavy atom. The lowest BCUT2D eigenvalue weighted by Crippen LogP contribution is -2.20. The molecule has 0 heterocycles. The van der Waals surface area contributed by atoms with Gasteiger partial charge in [-0.25, -0.2) is 4.99 Å². The number of hydrogen-bond donors (Lipinski definition) is 0. The van der Waals surface area contributed by atoms with E-state index in [2.05, 4.69) is 24.6 Å². The average Bonchev–Trinajstić information content (AvgIpc) is 2.48. The first-order valence-corrected chi connectivity index (χ1v) is 12.2. The van der Waals surface area contributed by atoms with E-state index < -0.39 is 19.8 Å². The Kier molecular flexibility index (Phi) is 7.53. The van der Waals surface area contributed by atoms with Crippen LogP contribution in [0.4, 0.5) is 18.9 Å². The fourth-order valence-electron chi connectivity index (χ4n) is 2.18. The molecule has 0 aliphatic heterocycles. The largest absolute Gasteiger partial charge is 0.493 e. The molecule has 0 N–H and O–H groups in total. The summed E-state index contributed by atoms with van der Waals surface area (Å²) in [6.07, 6.45) is -2.16. The highest BCUT2D eigenvalue weighted by Crippen LogP contribution is 2.40. The highest BCUT2D eigenvalue weighted by Gasteiger charge is 2.35. The maximum atomic E-state index is 13.4. The van der Waals surface area contributed by atoms with E-state index in [9.17, 15) is 13.2 Å². The lowest BCUT2D eigenvalue weighted by molar-refractivity contribution is -0.138. The average molecular weight is 375 g/mol. The molecule has 0 aromatic heterocycles. The molecule has 0 saturated carbocycles. The van der Waals surface area contributed by atoms with Crippen LogP contribution in [-0.2, 0) is 6.18 Å². The molecule has 0 spiro atoms. The van der Waals surface area contributed by atoms with Gasteiger partial charge in [-0.2, -0.15) is 13.2 Å². The zero-order valence-corrected chi connectivity index (χ0v) is 17.0. The van der Waals surface area contributed by atoms with E-state index in [1.54, 1.807) is 11.8 Å². The maximum Gasteiger partial charge on any atom is 0.420 e. The molecule has 0 bridgehead atoms. The zero-order chi connectivity index (χ0) is 19.3. The SMILES string of the molecule is CCN(C)/C=N\c1cc(C(F)(F)F)c(OCCC[Si](C)(C)C)cc1C. The fraction of sp³-hybridized carbons (Fsp3) is 0.611. The summed E-state index contributed by atoms with van der Waals surface area (Å²) in [4.78, 5) is 5.97. The normalized spacial score (nSPS) is 12.7. The lowest BCUT2D eigenvalue weighted by atomic mass is 10.1. The molecular formula is C18H29F3N2OSi. The number of rotatable bonds is 8. The highest BCUT2D eigenvalue weighted by molar-refractivity contribution is 6.76. The Bertz CT molecular complexity index is 595. The van der Waals surface area contributed by atoms with Crippen molar-refractivity contribution in [1.29, 1.82) is 0 Å². The Morgan fingerprint density at radius 2 is 1.88 bits per heavy atom. The Labute approximate surface area is 149 Å². The maximum absolute atomic E-state index is 13.4. The molecule has 3 nitrogen and oxygen atoms in total. The van der Waals surface area contributed by atoms with E-state index >= 15 is 0 Å². The highest BCUT2D eigenvalue weighted by atomic mass is 28.3. The van der Waals surface area contributed by atoms with Crippen molar-refractivity contribution in [2.24, 2.45) is 4.99 Å². The molecule has 7 heteroatoms. The summed E-state index contributed by atoms with van der Waals surface area (Å²) < 4.78 is 45.6. The second kappa shape index (κ2) is 8.74. The molecule has 142 valence electrons. The molecule has 0 amide bonds. The number of alkyl halides is 3. The summed E-state index contributed by atoms with van der Waals surface area (Å²) in [6.45, 7) is 11.4. The first-order valence-electron chi connectivity index (χ1n) is 8.53. The Morgan fingerprint density at radius 3 is 2.40 bits per heavy atom. The molecule has 1 aromatic carbocycles. The van der Waals surface area contributed by atoms with Crippen LogP contribution in [0.25, 0.3) is 0 Å². The van der Waals surface area contributed by atoms with Crippen LogP contribution in [0.15, 0.2) is 17.1 Å². The molecule has 1 rings (SSSR count). The van der Waals surface area contributed by atoms with Crippen LogP contribution >= 0.6 is 0 Å². The minimum atomic E-state index is -4.47. The molecule has 0 saturated heterocycles. The van der Waals surface area contributed by atoms with Gasteiger partial charge < -0.3 is 9.64 Å². The van der Waals surface area contributed by atoms with Crippen LogP contribution in [-0.4, -0.2) is 39.5 Å². The predicted molar refractivity (Wildman–Crippen MR) is 101 cm³/mol. The molecule has 1 aromatic rings. The van der Waals surface area contributed by atoms with E-state index in [0.717, 1.165) is 25.1 Å². The van der Waals surface area contributed by atoms with Gasteiger partial charge in [-0.05, 0) is 38.0 Å². The number of aryl methyl sites for hydroxylation is 1. The molecule has 0 unspecified atom stereocenters. The van der Waals surface area contributed by atoms with Crippen molar-refractivity contribution in [3.8, 4) is 5.75 Å². The topological polar surface area (TPSA) is 24.8 Å². The van der Waals surface area contributed by atoms with Crippen molar-refractivity contribution < 1.29 is 17.9 Å². The lowest BCUT2D eigenvalue weighted by Gasteiger charge is -2.18. The predicted octanol–water partition coefficient (Wildman–Crippen LogP) is 5.73. The monoisotopic (exact) mass is 374 g/mol. The summed E-state index contributed by atoms with van der Waals surface area (Å²) in [5.41, 5.74) is 0.202. The summed E-state index contributed by atoms with van der Waals surface area (Å²) in [5, 5.41) is 0. The van der Waals surface area contributed by atoms with Crippen molar-refractivity contribution in [2.45, 2.75) is 52.1 Å². The number of hydrogen-bond acceptors (Lipinski definition) is 2. The van der Waals surface area contributed by atoms with E-state index in [0.29, 0.717) is 17.9 Å². The minimum absolute atomic E-state index is 0.108. The second-order valence-corrected chi connectivity index (χ2v) is 13.1. The van der Waals surface area contributed by atoms with Gasteiger partial charge in [-0.1, -0.05) is 25.7 Å². The first kappa shape index (κ1) is 21.5. The van der Waals surface area contributed by atoms with Crippen molar-refractivity contribution in [2.75, 3.05) is 20.2 Å². The molecule has 0 fully saturated rings. The van der Waals surface area contributed by atoms with E-state index in [1.165, 1.54) is 12.4 Å². The quantitative estimate of drug-likeness (QED) is 0.251. The minimum Gasteiger partial charge on any atom is -0.493 e. The van der Waals surface area contributed by atoms with Gasteiger partial charge in [0.05, 0.1) is 24.2 Å². The van der Waals surface area contributed by atoms with Gasteiger partial charge in [0, 0.05) is 21.7 Å². The summed E-state index contributed by atoms with van der Waals surface area (Å²) in [5.74, 6) is -0.108. The standard InChI is InChI=1S/C18H29F3N2OSi/c1-7-23(3)13-22-16-12-15(18(19,20)21)17(11-14(16)2)24-9-8-10-25(4,5)6/h11-13H,7-10H2,1-6H3/b22-13-. The van der Waals surface area contributed by atoms with Crippen LogP contribution in [0.2, 0.25) is 25.7 Å². The van der Waals surface area contributed by atoms with Crippen LogP contribution < -0.4 is 4.74 Å². The van der Waals surface area contributed by atoms with Crippen LogP contribution in [0.3, 0.4) is 0 Å². The van der Waals surface area contributed by atoms with Crippen LogP contribution in [0.1, 0.15) is 24.5 Å². The van der Waals surface area contributed by atoms with Gasteiger partial charge in [0.1, 0.15) is 5.75 Å². The summed E-state index contributed by atoms with van der Waals surface area (Å²) >= 11 is 0. The second-order valence-electron chi connectivity index (χ2n) is 7.46. The van der Waals surface area contributed by atoms with Gasteiger partial charge >= 0.3 is 6.18 Å². The number of ether oxygens (including phenoxy) is 1. The molecule has 25 heavy (non-hydrogen) atoms. The zero-order valence-electron chi connectivity index (χ0n) is 16.0. The third-order valence-electron chi connectivity index (χ3n) is 3.82. The third kappa shape index (κ3) is 7.50. The molecule has 0 atom stereocenters. The van der Waals surface area contributed by atoms with Gasteiger partial charge in [-0.3, -0.25) is 0 Å². The molecule has 0 aliphatic carbocycles. The number of nitrogens with zero attached hydrogens (tertiary/aromatic N) is 2. The van der Waals surface area contributed by atoms with Gasteiger partial charge in [0.2, 0.25) is 0 Å². The van der Waals surface area contributed by atoms with Gasteiger partial charge in [0.25, 0.3) is 0 Å². The molecular weight excluding hydrogens is 345 g/mol. The van der Waals surface area contributed by atoms with Gasteiger partial charge in [-0.15, -0.1) is 0 Å². The van der Waals surface area contributed by atoms with E-state index in [1.807, 2.05) is 14.0 Å². The summed E-state index contributed by atoms with van der Waals surface area (Å²) in [6, 6.07) is 3.54. The Balaban J connectivity index is 3.01. The number of benzene rings is 1. The first-order chi connectivity index (χ1) is 11.4. The van der Waals surface area contributed by atoms with E-state index in [-0.39, 0.29) is 5.75 Å². The fourth-order valence-corrected chi connectivity index (χ4v) is 3.38. The van der Waals surface area contributed by atoms with Crippen LogP contribution in [0.5, 0.6) is 5.75 Å². The third-order valence-corrected chi connectivity index (χ3v) is 5.68. The van der Waals surface area contributed by atoms with Crippen LogP contribution in [0, 0.1) is 6.92 Å². The Hall–Kier alpha value is -1.50. The van der Waals surface area contributed by atoms with Crippen molar-refractivity contribution >= 4 is 20.1 Å². The van der Waals surface area contributed by atoms with Crippen molar-refractivity contribution in [1.82, 2.24) is 4.90 Å². The van der Waals surface area contributed by atoms with Gasteiger partial charge in [0.15, 0.2) is 0 Å². The number of aliphatic imine (C=N–C) groups is 1. The van der Waals surface area contributed by atoms with Crippen molar-refractivity contribution in [3.05, 3.63) is 23.3 Å². The molecule has 0 radical (unpaired) electrons. The summed E-state index contributed by atoms with van der Waals surface area (Å²) in [7, 11) is 0.602. The van der Waals surface area contributed by atoms with E-state index in [4.69, 9.17) is 4.74 Å². The smallest absolute Gasteiger partial charge is 0.420 e. The molecule has 0 aliphatic rings. The van der Waals surface area contributed by atoms with Crippen molar-refractivity contribution in [3.63, 3.8) is 0 Å².